The average molecular weight is 270 g/mol. The molecule has 1 aromatic carbocycles. The number of hydrogen-bond donors (Lipinski definition) is 1. The van der Waals surface area contributed by atoms with E-state index < -0.39 is 0 Å². The lowest BCUT2D eigenvalue weighted by molar-refractivity contribution is 0.876. The standard InChI is InChI=1S/C14H14N4S/c1-2-12(10-6-4-3-5-7-10)19-14-17-9-11(8-15)13(16)18-14/h3-7,9,12H,2H2,1H3,(H2,16,17,18). The quantitative estimate of drug-likeness (QED) is 0.682. The topological polar surface area (TPSA) is 75.6 Å². The number of rotatable bonds is 4. The molecule has 1 unspecified atom stereocenters. The van der Waals surface area contributed by atoms with Gasteiger partial charge >= 0.3 is 0 Å². The summed E-state index contributed by atoms with van der Waals surface area (Å²) in [5.74, 6) is 0.239. The van der Waals surface area contributed by atoms with E-state index in [1.807, 2.05) is 24.3 Å². The van der Waals surface area contributed by atoms with Gasteiger partial charge in [-0.15, -0.1) is 0 Å². The number of nitrogens with zero attached hydrogens (tertiary/aromatic N) is 3. The molecular formula is C14H14N4S. The lowest BCUT2D eigenvalue weighted by atomic mass is 10.1. The molecule has 1 aromatic heterocycles. The molecule has 1 atom stereocenters. The summed E-state index contributed by atoms with van der Waals surface area (Å²) in [7, 11) is 0. The monoisotopic (exact) mass is 270 g/mol. The van der Waals surface area contributed by atoms with Crippen molar-refractivity contribution in [3.8, 4) is 6.07 Å². The highest BCUT2D eigenvalue weighted by Crippen LogP contribution is 2.35. The van der Waals surface area contributed by atoms with Gasteiger partial charge < -0.3 is 5.73 Å². The molecule has 0 spiro atoms. The Morgan fingerprint density at radius 2 is 2.11 bits per heavy atom. The van der Waals surface area contributed by atoms with Crippen molar-refractivity contribution in [2.24, 2.45) is 0 Å². The molecule has 4 nitrogen and oxygen atoms in total. The van der Waals surface area contributed by atoms with Crippen molar-refractivity contribution in [1.82, 2.24) is 9.97 Å². The van der Waals surface area contributed by atoms with Crippen molar-refractivity contribution in [2.45, 2.75) is 23.8 Å². The average Bonchev–Trinajstić information content (AvgIpc) is 2.46. The first-order valence-electron chi connectivity index (χ1n) is 5.98. The lowest BCUT2D eigenvalue weighted by Gasteiger charge is -2.13. The van der Waals surface area contributed by atoms with Crippen LogP contribution >= 0.6 is 11.8 Å². The van der Waals surface area contributed by atoms with E-state index in [4.69, 9.17) is 11.0 Å². The zero-order valence-corrected chi connectivity index (χ0v) is 11.4. The van der Waals surface area contributed by atoms with E-state index in [9.17, 15) is 0 Å². The normalized spacial score (nSPS) is 11.8. The number of hydrogen-bond acceptors (Lipinski definition) is 5. The summed E-state index contributed by atoms with van der Waals surface area (Å²) >= 11 is 1.56. The highest BCUT2D eigenvalue weighted by molar-refractivity contribution is 7.99. The van der Waals surface area contributed by atoms with Crippen molar-refractivity contribution in [3.63, 3.8) is 0 Å². The Bertz CT molecular complexity index is 592. The predicted octanol–water partition coefficient (Wildman–Crippen LogP) is 3.17. The molecule has 0 radical (unpaired) electrons. The van der Waals surface area contributed by atoms with Crippen LogP contribution in [0.25, 0.3) is 0 Å². The fourth-order valence-corrected chi connectivity index (χ4v) is 2.68. The summed E-state index contributed by atoms with van der Waals surface area (Å²) in [4.78, 5) is 8.34. The number of nitrogens with two attached hydrogens (primary N) is 1. The molecule has 0 fully saturated rings. The minimum Gasteiger partial charge on any atom is -0.382 e. The van der Waals surface area contributed by atoms with Gasteiger partial charge in [0.25, 0.3) is 0 Å². The van der Waals surface area contributed by atoms with E-state index in [0.717, 1.165) is 6.42 Å². The molecule has 0 aliphatic rings. The van der Waals surface area contributed by atoms with Crippen molar-refractivity contribution < 1.29 is 0 Å². The van der Waals surface area contributed by atoms with Gasteiger partial charge in [0.15, 0.2) is 5.16 Å². The number of aromatic nitrogens is 2. The Morgan fingerprint density at radius 1 is 1.37 bits per heavy atom. The number of thioether (sulfide) groups is 1. The molecule has 2 N–H and O–H groups in total. The molecular weight excluding hydrogens is 256 g/mol. The van der Waals surface area contributed by atoms with Crippen molar-refractivity contribution in [2.75, 3.05) is 5.73 Å². The van der Waals surface area contributed by atoms with Gasteiger partial charge in [0.05, 0.1) is 6.20 Å². The third kappa shape index (κ3) is 3.24. The van der Waals surface area contributed by atoms with Gasteiger partial charge in [-0.3, -0.25) is 0 Å². The minimum absolute atomic E-state index is 0.239. The lowest BCUT2D eigenvalue weighted by Crippen LogP contribution is -2.00. The van der Waals surface area contributed by atoms with E-state index in [0.29, 0.717) is 10.7 Å². The summed E-state index contributed by atoms with van der Waals surface area (Å²) < 4.78 is 0. The van der Waals surface area contributed by atoms with E-state index in [1.54, 1.807) is 11.8 Å². The maximum absolute atomic E-state index is 8.80. The SMILES string of the molecule is CCC(Sc1ncc(C#N)c(N)n1)c1ccccc1. The fraction of sp³-hybridized carbons (Fsp3) is 0.214. The van der Waals surface area contributed by atoms with Crippen LogP contribution in [0.2, 0.25) is 0 Å². The largest absolute Gasteiger partial charge is 0.382 e. The highest BCUT2D eigenvalue weighted by atomic mass is 32.2. The number of benzene rings is 1. The summed E-state index contributed by atoms with van der Waals surface area (Å²) in [5.41, 5.74) is 7.26. The zero-order chi connectivity index (χ0) is 13.7. The maximum Gasteiger partial charge on any atom is 0.190 e. The predicted molar refractivity (Wildman–Crippen MR) is 76.5 cm³/mol. The summed E-state index contributed by atoms with van der Waals surface area (Å²) in [6, 6.07) is 12.2. The molecule has 19 heavy (non-hydrogen) atoms. The van der Waals surface area contributed by atoms with E-state index >= 15 is 0 Å². The van der Waals surface area contributed by atoms with Crippen LogP contribution in [0.5, 0.6) is 0 Å². The Hall–Kier alpha value is -2.06. The van der Waals surface area contributed by atoms with Crippen LogP contribution in [-0.4, -0.2) is 9.97 Å². The van der Waals surface area contributed by atoms with Gasteiger partial charge in [-0.25, -0.2) is 9.97 Å². The van der Waals surface area contributed by atoms with Crippen molar-refractivity contribution >= 4 is 17.6 Å². The second-order valence-electron chi connectivity index (χ2n) is 3.99. The molecule has 2 rings (SSSR count). The number of anilines is 1. The molecule has 2 aromatic rings. The Balaban J connectivity index is 2.20. The third-order valence-electron chi connectivity index (χ3n) is 2.71. The van der Waals surface area contributed by atoms with Gasteiger partial charge in [0.2, 0.25) is 0 Å². The van der Waals surface area contributed by atoms with Crippen LogP contribution < -0.4 is 5.73 Å². The third-order valence-corrected chi connectivity index (χ3v) is 4.00. The van der Waals surface area contributed by atoms with Gasteiger partial charge in [0.1, 0.15) is 17.5 Å². The Kier molecular flexibility index (Phi) is 4.37. The van der Waals surface area contributed by atoms with Crippen LogP contribution in [-0.2, 0) is 0 Å². The first-order valence-corrected chi connectivity index (χ1v) is 6.86. The first-order chi connectivity index (χ1) is 9.24. The van der Waals surface area contributed by atoms with Crippen LogP contribution in [0.15, 0.2) is 41.7 Å². The van der Waals surface area contributed by atoms with Gasteiger partial charge in [-0.2, -0.15) is 5.26 Å². The van der Waals surface area contributed by atoms with E-state index in [1.165, 1.54) is 11.8 Å². The molecule has 0 aliphatic carbocycles. The molecule has 0 aliphatic heterocycles. The molecule has 0 bridgehead atoms. The second kappa shape index (κ2) is 6.21. The van der Waals surface area contributed by atoms with Crippen LogP contribution in [0.4, 0.5) is 5.82 Å². The molecule has 5 heteroatoms. The van der Waals surface area contributed by atoms with E-state index in [2.05, 4.69) is 29.0 Å². The van der Waals surface area contributed by atoms with Gasteiger partial charge in [-0.05, 0) is 12.0 Å². The van der Waals surface area contributed by atoms with Gasteiger partial charge in [0, 0.05) is 5.25 Å². The number of nitrogen functional groups attached to an aromatic ring is 1. The van der Waals surface area contributed by atoms with Crippen LogP contribution in [0, 0.1) is 11.3 Å². The molecule has 1 heterocycles. The van der Waals surface area contributed by atoms with Crippen molar-refractivity contribution in [1.29, 1.82) is 5.26 Å². The molecule has 0 saturated heterocycles. The summed E-state index contributed by atoms with van der Waals surface area (Å²) in [6.45, 7) is 2.12. The first kappa shape index (κ1) is 13.4. The Labute approximate surface area is 116 Å². The summed E-state index contributed by atoms with van der Waals surface area (Å²) in [5, 5.41) is 9.69. The maximum atomic E-state index is 8.80. The van der Waals surface area contributed by atoms with Crippen molar-refractivity contribution in [3.05, 3.63) is 47.7 Å². The second-order valence-corrected chi connectivity index (χ2v) is 5.16. The molecule has 96 valence electrons. The van der Waals surface area contributed by atoms with Gasteiger partial charge in [-0.1, -0.05) is 49.0 Å². The van der Waals surface area contributed by atoms with Crippen LogP contribution in [0.1, 0.15) is 29.7 Å². The minimum atomic E-state index is 0.239. The zero-order valence-electron chi connectivity index (χ0n) is 10.6. The smallest absolute Gasteiger partial charge is 0.190 e. The fourth-order valence-electron chi connectivity index (χ4n) is 1.70. The number of nitriles is 1. The Morgan fingerprint density at radius 3 is 2.68 bits per heavy atom. The molecule has 0 amide bonds. The summed E-state index contributed by atoms with van der Waals surface area (Å²) in [6.07, 6.45) is 2.44. The van der Waals surface area contributed by atoms with E-state index in [-0.39, 0.29) is 11.1 Å². The highest BCUT2D eigenvalue weighted by Gasteiger charge is 2.13. The molecule has 0 saturated carbocycles. The van der Waals surface area contributed by atoms with Crippen LogP contribution in [0.3, 0.4) is 0 Å².